The minimum absolute atomic E-state index is 0.0752. The molecule has 1 aliphatic heterocycles. The number of amides is 1. The number of hydrogen-bond acceptors (Lipinski definition) is 8. The summed E-state index contributed by atoms with van der Waals surface area (Å²) in [6, 6.07) is 19.7. The molecule has 2 fully saturated rings. The predicted molar refractivity (Wildman–Crippen MR) is 170 cm³/mol. The lowest BCUT2D eigenvalue weighted by Crippen LogP contribution is -2.50. The Bertz CT molecular complexity index is 1600. The van der Waals surface area contributed by atoms with E-state index in [4.69, 9.17) is 14.5 Å². The molecule has 0 unspecified atom stereocenters. The minimum atomic E-state index is -0.502. The van der Waals surface area contributed by atoms with Gasteiger partial charge in [-0.15, -0.1) is 0 Å². The fourth-order valence-corrected chi connectivity index (χ4v) is 5.94. The molecule has 10 nitrogen and oxygen atoms in total. The van der Waals surface area contributed by atoms with Crippen LogP contribution < -0.4 is 10.2 Å². The largest absolute Gasteiger partial charge is 0.459 e. The van der Waals surface area contributed by atoms with Gasteiger partial charge in [0.2, 0.25) is 5.95 Å². The van der Waals surface area contributed by atoms with Gasteiger partial charge in [0.1, 0.15) is 17.5 Å². The molecule has 10 heteroatoms. The quantitative estimate of drug-likeness (QED) is 0.268. The summed E-state index contributed by atoms with van der Waals surface area (Å²) in [5.41, 5.74) is 2.28. The number of ether oxygens (including phenoxy) is 2. The van der Waals surface area contributed by atoms with Crippen molar-refractivity contribution in [3.05, 3.63) is 78.6 Å². The van der Waals surface area contributed by atoms with Crippen LogP contribution in [0.25, 0.3) is 16.7 Å². The van der Waals surface area contributed by atoms with E-state index in [2.05, 4.69) is 44.0 Å². The summed E-state index contributed by atoms with van der Waals surface area (Å²) >= 11 is 0. The molecule has 1 saturated carbocycles. The summed E-state index contributed by atoms with van der Waals surface area (Å²) in [5, 5.41) is 4.63. The Hall–Kier alpha value is -4.60. The van der Waals surface area contributed by atoms with Crippen LogP contribution in [0.2, 0.25) is 0 Å². The van der Waals surface area contributed by atoms with E-state index in [1.165, 1.54) is 0 Å². The third-order valence-electron chi connectivity index (χ3n) is 8.16. The van der Waals surface area contributed by atoms with Crippen LogP contribution in [0.4, 0.5) is 16.4 Å². The van der Waals surface area contributed by atoms with E-state index in [1.54, 1.807) is 23.2 Å². The maximum absolute atomic E-state index is 12.5. The summed E-state index contributed by atoms with van der Waals surface area (Å²) in [5.74, 6) is 1.11. The number of nitrogens with one attached hydrogen (secondary N) is 1. The van der Waals surface area contributed by atoms with Gasteiger partial charge in [-0.3, -0.25) is 0 Å². The average Bonchev–Trinajstić information content (AvgIpc) is 3.46. The van der Waals surface area contributed by atoms with Crippen molar-refractivity contribution in [1.82, 2.24) is 19.4 Å². The zero-order valence-corrected chi connectivity index (χ0v) is 25.6. The van der Waals surface area contributed by atoms with E-state index < -0.39 is 5.60 Å². The van der Waals surface area contributed by atoms with Crippen molar-refractivity contribution < 1.29 is 19.1 Å². The van der Waals surface area contributed by atoms with Crippen LogP contribution in [0.1, 0.15) is 56.8 Å². The molecule has 0 spiro atoms. The van der Waals surface area contributed by atoms with Gasteiger partial charge in [-0.1, -0.05) is 24.3 Å². The zero-order chi connectivity index (χ0) is 30.7. The number of aromatic nitrogens is 3. The highest BCUT2D eigenvalue weighted by atomic mass is 16.6. The Morgan fingerprint density at radius 2 is 1.64 bits per heavy atom. The molecular weight excluding hydrogens is 556 g/mol. The Labute approximate surface area is 258 Å². The van der Waals surface area contributed by atoms with Crippen LogP contribution >= 0.6 is 0 Å². The molecule has 1 amide bonds. The third kappa shape index (κ3) is 6.79. The van der Waals surface area contributed by atoms with Gasteiger partial charge < -0.3 is 29.2 Å². The van der Waals surface area contributed by atoms with Crippen molar-refractivity contribution in [2.24, 2.45) is 0 Å². The van der Waals surface area contributed by atoms with Crippen LogP contribution in [0.3, 0.4) is 0 Å². The maximum atomic E-state index is 12.5. The van der Waals surface area contributed by atoms with Gasteiger partial charge in [0.15, 0.2) is 0 Å². The van der Waals surface area contributed by atoms with E-state index >= 15 is 0 Å². The predicted octanol–water partition coefficient (Wildman–Crippen LogP) is 6.06. The van der Waals surface area contributed by atoms with Crippen LogP contribution in [0, 0.1) is 0 Å². The van der Waals surface area contributed by atoms with Gasteiger partial charge in [-0.2, -0.15) is 4.98 Å². The lowest BCUT2D eigenvalue weighted by atomic mass is 9.93. The molecule has 2 aromatic carbocycles. The first-order valence-electron chi connectivity index (χ1n) is 15.4. The molecule has 4 aromatic rings. The number of esters is 1. The second kappa shape index (κ2) is 12.6. The number of fused-ring (bicyclic) bond motifs is 1. The Morgan fingerprint density at radius 3 is 2.36 bits per heavy atom. The summed E-state index contributed by atoms with van der Waals surface area (Å²) in [7, 11) is 0. The summed E-state index contributed by atoms with van der Waals surface area (Å²) in [4.78, 5) is 38.4. The van der Waals surface area contributed by atoms with Gasteiger partial charge >= 0.3 is 12.1 Å². The normalized spacial score (nSPS) is 19.1. The second-order valence-electron chi connectivity index (χ2n) is 12.5. The molecule has 1 saturated heterocycles. The number of hydrogen-bond donors (Lipinski definition) is 1. The van der Waals surface area contributed by atoms with Gasteiger partial charge in [0, 0.05) is 55.7 Å². The first kappa shape index (κ1) is 29.5. The number of nitrogens with zero attached hydrogens (tertiary/aromatic N) is 5. The monoisotopic (exact) mass is 596 g/mol. The zero-order valence-electron chi connectivity index (χ0n) is 25.6. The molecule has 0 atom stereocenters. The molecule has 0 bridgehead atoms. The fourth-order valence-electron chi connectivity index (χ4n) is 5.94. The SMILES string of the molecule is CC(C)(C)OC(=O)N1CCN(c2cccc3c2ccn3-c2ccnc(N[C@H]3CC[C@@H](OC(=O)c4ccccc4)CC3)n2)CC1. The minimum Gasteiger partial charge on any atom is -0.459 e. The van der Waals surface area contributed by atoms with Crippen molar-refractivity contribution in [3.8, 4) is 5.82 Å². The Balaban J connectivity index is 1.08. The molecule has 3 heterocycles. The molecule has 1 N–H and O–H groups in total. The highest BCUT2D eigenvalue weighted by molar-refractivity contribution is 5.94. The van der Waals surface area contributed by atoms with Gasteiger partial charge in [0.05, 0.1) is 11.1 Å². The number of carbonyl (C=O) groups excluding carboxylic acids is 2. The second-order valence-corrected chi connectivity index (χ2v) is 12.5. The van der Waals surface area contributed by atoms with E-state index in [9.17, 15) is 9.59 Å². The van der Waals surface area contributed by atoms with Crippen molar-refractivity contribution in [1.29, 1.82) is 0 Å². The molecule has 0 radical (unpaired) electrons. The van der Waals surface area contributed by atoms with Crippen molar-refractivity contribution >= 4 is 34.6 Å². The molecule has 2 aliphatic rings. The average molecular weight is 597 g/mol. The number of rotatable bonds is 6. The van der Waals surface area contributed by atoms with Crippen molar-refractivity contribution in [3.63, 3.8) is 0 Å². The summed E-state index contributed by atoms with van der Waals surface area (Å²) in [6.45, 7) is 8.37. The summed E-state index contributed by atoms with van der Waals surface area (Å²) < 4.78 is 13.4. The fraction of sp³-hybridized carbons (Fsp3) is 0.412. The van der Waals surface area contributed by atoms with E-state index in [1.807, 2.05) is 51.2 Å². The highest BCUT2D eigenvalue weighted by Crippen LogP contribution is 2.31. The lowest BCUT2D eigenvalue weighted by molar-refractivity contribution is 0.0200. The van der Waals surface area contributed by atoms with Crippen LogP contribution in [-0.4, -0.2) is 75.4 Å². The number of carbonyl (C=O) groups is 2. The topological polar surface area (TPSA) is 102 Å². The number of piperazine rings is 1. The van der Waals surface area contributed by atoms with Gasteiger partial charge in [-0.25, -0.2) is 14.6 Å². The standard InChI is InChI=1S/C34H40N6O4/c1-34(2,3)44-33(42)39-22-20-38(21-23-39)28-10-7-11-29-27(28)17-19-40(29)30-16-18-35-32(37-30)36-25-12-14-26(15-13-25)43-31(41)24-8-5-4-6-9-24/h4-11,16-19,25-26H,12-15,20-23H2,1-3H3,(H,35,36,37)/t25-,26+. The van der Waals surface area contributed by atoms with E-state index in [-0.39, 0.29) is 24.2 Å². The van der Waals surface area contributed by atoms with Gasteiger partial charge in [-0.05, 0) is 82.9 Å². The first-order chi connectivity index (χ1) is 21.2. The van der Waals surface area contributed by atoms with E-state index in [0.29, 0.717) is 24.6 Å². The smallest absolute Gasteiger partial charge is 0.410 e. The van der Waals surface area contributed by atoms with Crippen LogP contribution in [0.15, 0.2) is 73.1 Å². The summed E-state index contributed by atoms with van der Waals surface area (Å²) in [6.07, 6.45) is 6.84. The third-order valence-corrected chi connectivity index (χ3v) is 8.16. The first-order valence-corrected chi connectivity index (χ1v) is 15.4. The van der Waals surface area contributed by atoms with Crippen LogP contribution in [-0.2, 0) is 9.47 Å². The van der Waals surface area contributed by atoms with Gasteiger partial charge in [0.25, 0.3) is 0 Å². The highest BCUT2D eigenvalue weighted by Gasteiger charge is 2.27. The van der Waals surface area contributed by atoms with E-state index in [0.717, 1.165) is 61.2 Å². The molecular formula is C34H40N6O4. The molecule has 44 heavy (non-hydrogen) atoms. The Kier molecular flexibility index (Phi) is 8.41. The number of benzene rings is 2. The van der Waals surface area contributed by atoms with Crippen molar-refractivity contribution in [2.75, 3.05) is 36.4 Å². The maximum Gasteiger partial charge on any atom is 0.410 e. The Morgan fingerprint density at radius 1 is 0.886 bits per heavy atom. The molecule has 2 aromatic heterocycles. The number of anilines is 2. The molecule has 6 rings (SSSR count). The molecule has 1 aliphatic carbocycles. The lowest BCUT2D eigenvalue weighted by Gasteiger charge is -2.37. The van der Waals surface area contributed by atoms with Crippen LogP contribution in [0.5, 0.6) is 0 Å². The molecule has 230 valence electrons. The van der Waals surface area contributed by atoms with Crippen molar-refractivity contribution in [2.45, 2.75) is 64.2 Å².